The van der Waals surface area contributed by atoms with Gasteiger partial charge < -0.3 is 19.5 Å². The summed E-state index contributed by atoms with van der Waals surface area (Å²) in [6.45, 7) is 2.65. The molecule has 0 radical (unpaired) electrons. The lowest BCUT2D eigenvalue weighted by atomic mass is 10.2. The van der Waals surface area contributed by atoms with Crippen LogP contribution in [0.5, 0.6) is 11.5 Å². The SMILES string of the molecule is COC1CCN(C(=O)c2cc3nccc(Oc4ccc5c(c4F)c(Cl)c(C)n5C(=O)O)c3s2)C1. The molecular weight excluding hydrogens is 485 g/mol. The number of benzene rings is 1. The highest BCUT2D eigenvalue weighted by Gasteiger charge is 2.28. The van der Waals surface area contributed by atoms with Gasteiger partial charge in [-0.05, 0) is 31.5 Å². The minimum atomic E-state index is -1.26. The molecule has 0 bridgehead atoms. The molecule has 1 unspecified atom stereocenters. The highest BCUT2D eigenvalue weighted by atomic mass is 35.5. The smallest absolute Gasteiger partial charge is 0.416 e. The van der Waals surface area contributed by atoms with Crippen molar-refractivity contribution in [3.63, 3.8) is 0 Å². The monoisotopic (exact) mass is 503 g/mol. The molecule has 176 valence electrons. The standard InChI is InChI=1S/C23H19ClFN3O5S/c1-11-19(24)18-14(28(11)23(30)31)3-4-15(20(18)25)33-16-5-7-26-13-9-17(34-21(13)16)22(29)27-8-6-12(10-27)32-2/h3-5,7,9,12H,6,8,10H2,1-2H3,(H,30,31). The van der Waals surface area contributed by atoms with Crippen LogP contribution in [-0.2, 0) is 4.74 Å². The number of pyridine rings is 1. The number of nitrogens with zero attached hydrogens (tertiary/aromatic N) is 3. The molecule has 1 atom stereocenters. The Kier molecular flexibility index (Phi) is 5.67. The number of thiophene rings is 1. The van der Waals surface area contributed by atoms with Crippen LogP contribution in [0.15, 0.2) is 30.5 Å². The van der Waals surface area contributed by atoms with Crippen molar-refractivity contribution in [2.45, 2.75) is 19.4 Å². The van der Waals surface area contributed by atoms with Crippen LogP contribution in [0.4, 0.5) is 9.18 Å². The third-order valence-corrected chi connectivity index (χ3v) is 7.55. The molecule has 0 saturated carbocycles. The zero-order valence-corrected chi connectivity index (χ0v) is 19.7. The van der Waals surface area contributed by atoms with Gasteiger partial charge in [-0.25, -0.2) is 13.8 Å². The van der Waals surface area contributed by atoms with Crippen molar-refractivity contribution in [2.24, 2.45) is 0 Å². The molecule has 1 aliphatic rings. The Hall–Kier alpha value is -3.21. The van der Waals surface area contributed by atoms with Crippen LogP contribution in [0, 0.1) is 12.7 Å². The number of methoxy groups -OCH3 is 1. The van der Waals surface area contributed by atoms with Gasteiger partial charge in [-0.1, -0.05) is 11.6 Å². The molecule has 11 heteroatoms. The number of ether oxygens (including phenoxy) is 2. The number of likely N-dealkylation sites (tertiary alicyclic amines) is 1. The van der Waals surface area contributed by atoms with E-state index in [2.05, 4.69) is 4.98 Å². The summed E-state index contributed by atoms with van der Waals surface area (Å²) in [5, 5.41) is 9.42. The number of hydrogen-bond donors (Lipinski definition) is 1. The number of carboxylic acid groups (broad SMARTS) is 1. The number of carbonyl (C=O) groups is 2. The van der Waals surface area contributed by atoms with Crippen molar-refractivity contribution >= 4 is 56.1 Å². The lowest BCUT2D eigenvalue weighted by molar-refractivity contribution is 0.0728. The van der Waals surface area contributed by atoms with Crippen LogP contribution in [-0.4, -0.2) is 57.9 Å². The zero-order valence-electron chi connectivity index (χ0n) is 18.2. The Morgan fingerprint density at radius 3 is 2.79 bits per heavy atom. The molecule has 8 nitrogen and oxygen atoms in total. The van der Waals surface area contributed by atoms with E-state index >= 15 is 4.39 Å². The number of carbonyl (C=O) groups excluding carboxylic acids is 1. The maximum atomic E-state index is 15.4. The summed E-state index contributed by atoms with van der Waals surface area (Å²) in [6.07, 6.45) is 1.07. The van der Waals surface area contributed by atoms with Gasteiger partial charge in [-0.3, -0.25) is 9.78 Å². The van der Waals surface area contributed by atoms with Gasteiger partial charge in [-0.2, -0.15) is 0 Å². The summed E-state index contributed by atoms with van der Waals surface area (Å²) in [7, 11) is 1.63. The first-order chi connectivity index (χ1) is 16.3. The number of fused-ring (bicyclic) bond motifs is 2. The molecule has 34 heavy (non-hydrogen) atoms. The first-order valence-electron chi connectivity index (χ1n) is 10.4. The van der Waals surface area contributed by atoms with Crippen LogP contribution in [0.3, 0.4) is 0 Å². The van der Waals surface area contributed by atoms with Gasteiger partial charge in [0.25, 0.3) is 5.91 Å². The summed E-state index contributed by atoms with van der Waals surface area (Å²) in [5.41, 5.74) is 0.898. The largest absolute Gasteiger partial charge is 0.464 e. The Bertz CT molecular complexity index is 1470. The van der Waals surface area contributed by atoms with E-state index in [0.717, 1.165) is 11.0 Å². The van der Waals surface area contributed by atoms with Gasteiger partial charge in [-0.15, -0.1) is 11.3 Å². The van der Waals surface area contributed by atoms with E-state index in [1.54, 1.807) is 24.1 Å². The third-order valence-electron chi connectivity index (χ3n) is 5.96. The van der Waals surface area contributed by atoms with E-state index in [1.807, 2.05) is 0 Å². The van der Waals surface area contributed by atoms with Crippen molar-refractivity contribution in [3.05, 3.63) is 51.9 Å². The van der Waals surface area contributed by atoms with Gasteiger partial charge in [0.1, 0.15) is 5.75 Å². The third kappa shape index (κ3) is 3.58. The fourth-order valence-corrected chi connectivity index (χ4v) is 5.50. The summed E-state index contributed by atoms with van der Waals surface area (Å²) in [6, 6.07) is 6.08. The number of amides is 1. The number of hydrogen-bond acceptors (Lipinski definition) is 6. The maximum absolute atomic E-state index is 15.4. The van der Waals surface area contributed by atoms with Crippen molar-refractivity contribution in [1.82, 2.24) is 14.5 Å². The molecule has 4 aromatic rings. The summed E-state index contributed by atoms with van der Waals surface area (Å²) >= 11 is 7.47. The van der Waals surface area contributed by atoms with Crippen LogP contribution >= 0.6 is 22.9 Å². The molecule has 5 rings (SSSR count). The second-order valence-electron chi connectivity index (χ2n) is 7.92. The topological polar surface area (TPSA) is 93.9 Å². The summed E-state index contributed by atoms with van der Waals surface area (Å²) in [4.78, 5) is 31.1. The molecule has 1 N–H and O–H groups in total. The van der Waals surface area contributed by atoms with Crippen LogP contribution in [0.1, 0.15) is 21.8 Å². The Labute approximate surface area is 202 Å². The fourth-order valence-electron chi connectivity index (χ4n) is 4.21. The number of rotatable bonds is 4. The molecule has 4 heterocycles. The van der Waals surface area contributed by atoms with E-state index < -0.39 is 11.9 Å². The lowest BCUT2D eigenvalue weighted by Crippen LogP contribution is -2.29. The molecule has 1 saturated heterocycles. The number of aromatic nitrogens is 2. The lowest BCUT2D eigenvalue weighted by Gasteiger charge is -2.14. The quantitative estimate of drug-likeness (QED) is 0.393. The normalized spacial score (nSPS) is 16.0. The predicted molar refractivity (Wildman–Crippen MR) is 126 cm³/mol. The van der Waals surface area contributed by atoms with E-state index in [-0.39, 0.29) is 39.4 Å². The first kappa shape index (κ1) is 22.6. The van der Waals surface area contributed by atoms with Crippen LogP contribution < -0.4 is 4.74 Å². The minimum absolute atomic E-state index is 0.00390. The molecule has 1 aromatic carbocycles. The van der Waals surface area contributed by atoms with Gasteiger partial charge in [0, 0.05) is 38.2 Å². The first-order valence-corrected chi connectivity index (χ1v) is 11.6. The Morgan fingerprint density at radius 1 is 1.29 bits per heavy atom. The van der Waals surface area contributed by atoms with E-state index in [4.69, 9.17) is 21.1 Å². The Balaban J connectivity index is 1.51. The molecule has 0 spiro atoms. The second kappa shape index (κ2) is 8.53. The number of halogens is 2. The highest BCUT2D eigenvalue weighted by Crippen LogP contribution is 2.40. The molecular formula is C23H19ClFN3O5S. The van der Waals surface area contributed by atoms with Crippen molar-refractivity contribution in [2.75, 3.05) is 20.2 Å². The van der Waals surface area contributed by atoms with Crippen molar-refractivity contribution < 1.29 is 28.6 Å². The van der Waals surface area contributed by atoms with Crippen LogP contribution in [0.25, 0.3) is 21.1 Å². The maximum Gasteiger partial charge on any atom is 0.416 e. The fraction of sp³-hybridized carbons (Fsp3) is 0.261. The van der Waals surface area contributed by atoms with Crippen LogP contribution in [0.2, 0.25) is 5.02 Å². The van der Waals surface area contributed by atoms with Crippen molar-refractivity contribution in [3.8, 4) is 11.5 Å². The molecule has 1 aliphatic heterocycles. The van der Waals surface area contributed by atoms with Gasteiger partial charge in [0.2, 0.25) is 0 Å². The molecule has 1 amide bonds. The highest BCUT2D eigenvalue weighted by molar-refractivity contribution is 7.21. The second-order valence-corrected chi connectivity index (χ2v) is 9.35. The molecule has 1 fully saturated rings. The van der Waals surface area contributed by atoms with Gasteiger partial charge in [0.05, 0.1) is 37.1 Å². The van der Waals surface area contributed by atoms with E-state index in [1.165, 1.54) is 36.6 Å². The summed E-state index contributed by atoms with van der Waals surface area (Å²) in [5.74, 6) is -0.674. The average Bonchev–Trinajstić information content (AvgIpc) is 3.52. The zero-order chi connectivity index (χ0) is 24.1. The van der Waals surface area contributed by atoms with E-state index in [0.29, 0.717) is 33.9 Å². The average molecular weight is 504 g/mol. The van der Waals surface area contributed by atoms with Gasteiger partial charge in [0.15, 0.2) is 11.6 Å². The van der Waals surface area contributed by atoms with E-state index in [9.17, 15) is 14.7 Å². The van der Waals surface area contributed by atoms with Crippen molar-refractivity contribution in [1.29, 1.82) is 0 Å². The molecule has 3 aromatic heterocycles. The minimum Gasteiger partial charge on any atom is -0.464 e. The molecule has 0 aliphatic carbocycles. The summed E-state index contributed by atoms with van der Waals surface area (Å²) < 4.78 is 28.1. The Morgan fingerprint density at radius 2 is 2.09 bits per heavy atom. The predicted octanol–water partition coefficient (Wildman–Crippen LogP) is 5.53. The van der Waals surface area contributed by atoms with Gasteiger partial charge >= 0.3 is 6.09 Å².